The molecule has 0 radical (unpaired) electrons. The van der Waals surface area contributed by atoms with Gasteiger partial charge in [0.15, 0.2) is 0 Å². The van der Waals surface area contributed by atoms with E-state index in [1.165, 1.54) is 0 Å². The number of likely N-dealkylation sites (N-methyl/N-ethyl adjacent to an activating group) is 1. The summed E-state index contributed by atoms with van der Waals surface area (Å²) in [6.07, 6.45) is 1.16. The molecule has 3 nitrogen and oxygen atoms in total. The normalized spacial score (nSPS) is 26.8. The Morgan fingerprint density at radius 1 is 1.50 bits per heavy atom. The third-order valence-electron chi connectivity index (χ3n) is 3.16. The molecule has 1 aliphatic carbocycles. The predicted octanol–water partition coefficient (Wildman–Crippen LogP) is 3.25. The highest BCUT2D eigenvalue weighted by molar-refractivity contribution is 9.10. The second-order valence-electron chi connectivity index (χ2n) is 4.33. The highest BCUT2D eigenvalue weighted by Gasteiger charge is 2.42. The maximum Gasteiger partial charge on any atom is 0.134 e. The van der Waals surface area contributed by atoms with Crippen LogP contribution in [0.3, 0.4) is 0 Å². The zero-order valence-electron chi connectivity index (χ0n) is 10.5. The molecule has 3 atom stereocenters. The molecule has 3 unspecified atom stereocenters. The highest BCUT2D eigenvalue weighted by atomic mass is 79.9. The van der Waals surface area contributed by atoms with Crippen molar-refractivity contribution in [1.29, 1.82) is 0 Å². The fraction of sp³-hybridized carbons (Fsp3) is 0.538. The molecule has 0 heterocycles. The lowest BCUT2D eigenvalue weighted by Crippen LogP contribution is -2.60. The largest absolute Gasteiger partial charge is 0.486 e. The van der Waals surface area contributed by atoms with E-state index in [1.54, 1.807) is 7.11 Å². The van der Waals surface area contributed by atoms with Crippen LogP contribution in [0, 0.1) is 0 Å². The van der Waals surface area contributed by atoms with Gasteiger partial charge < -0.3 is 14.8 Å². The van der Waals surface area contributed by atoms with E-state index in [4.69, 9.17) is 21.1 Å². The van der Waals surface area contributed by atoms with E-state index in [1.807, 2.05) is 18.2 Å². The average molecular weight is 335 g/mol. The first-order chi connectivity index (χ1) is 8.65. The van der Waals surface area contributed by atoms with Crippen molar-refractivity contribution in [2.45, 2.75) is 31.6 Å². The zero-order chi connectivity index (χ0) is 13.1. The molecule has 0 amide bonds. The lowest BCUT2D eigenvalue weighted by molar-refractivity contribution is -0.0886. The van der Waals surface area contributed by atoms with E-state index < -0.39 is 0 Å². The summed E-state index contributed by atoms with van der Waals surface area (Å²) in [6, 6.07) is 5.92. The van der Waals surface area contributed by atoms with Crippen LogP contribution in [0.4, 0.5) is 0 Å². The van der Waals surface area contributed by atoms with Gasteiger partial charge in [0.05, 0.1) is 4.47 Å². The molecule has 0 bridgehead atoms. The first kappa shape index (κ1) is 14.1. The average Bonchev–Trinajstić information content (AvgIpc) is 2.31. The maximum absolute atomic E-state index is 5.95. The molecule has 18 heavy (non-hydrogen) atoms. The van der Waals surface area contributed by atoms with Crippen molar-refractivity contribution >= 4 is 27.5 Å². The van der Waals surface area contributed by atoms with Gasteiger partial charge in [-0.1, -0.05) is 18.5 Å². The monoisotopic (exact) mass is 333 g/mol. The predicted molar refractivity (Wildman–Crippen MR) is 76.4 cm³/mol. The third-order valence-corrected chi connectivity index (χ3v) is 4.01. The van der Waals surface area contributed by atoms with Crippen LogP contribution in [0.2, 0.25) is 5.02 Å². The SMILES string of the molecule is CCNC1CC(Oc2ccc(Cl)cc2Br)C1OC. The van der Waals surface area contributed by atoms with Crippen molar-refractivity contribution in [3.8, 4) is 5.75 Å². The maximum atomic E-state index is 5.95. The molecule has 0 saturated heterocycles. The van der Waals surface area contributed by atoms with Gasteiger partial charge in [-0.2, -0.15) is 0 Å². The Morgan fingerprint density at radius 2 is 2.28 bits per heavy atom. The van der Waals surface area contributed by atoms with Crippen LogP contribution in [-0.4, -0.2) is 31.9 Å². The van der Waals surface area contributed by atoms with Gasteiger partial charge in [-0.25, -0.2) is 0 Å². The number of hydrogen-bond donors (Lipinski definition) is 1. The second kappa shape index (κ2) is 6.24. The van der Waals surface area contributed by atoms with E-state index in [0.29, 0.717) is 11.1 Å². The van der Waals surface area contributed by atoms with Crippen molar-refractivity contribution < 1.29 is 9.47 Å². The lowest BCUT2D eigenvalue weighted by Gasteiger charge is -2.43. The minimum absolute atomic E-state index is 0.0940. The summed E-state index contributed by atoms with van der Waals surface area (Å²) in [4.78, 5) is 0. The smallest absolute Gasteiger partial charge is 0.134 e. The molecule has 1 N–H and O–H groups in total. The lowest BCUT2D eigenvalue weighted by atomic mass is 9.85. The van der Waals surface area contributed by atoms with Gasteiger partial charge in [0.1, 0.15) is 18.0 Å². The molecule has 2 rings (SSSR count). The molecule has 1 aromatic rings. The van der Waals surface area contributed by atoms with E-state index >= 15 is 0 Å². The molecule has 0 spiro atoms. The van der Waals surface area contributed by atoms with E-state index in [0.717, 1.165) is 23.2 Å². The Balaban J connectivity index is 1.98. The van der Waals surface area contributed by atoms with Gasteiger partial charge in [0, 0.05) is 24.6 Å². The topological polar surface area (TPSA) is 30.5 Å². The van der Waals surface area contributed by atoms with Gasteiger partial charge in [-0.3, -0.25) is 0 Å². The molecule has 1 fully saturated rings. The quantitative estimate of drug-likeness (QED) is 0.896. The summed E-state index contributed by atoms with van der Waals surface area (Å²) in [5, 5.41) is 4.08. The van der Waals surface area contributed by atoms with Crippen molar-refractivity contribution in [3.63, 3.8) is 0 Å². The molecular formula is C13H17BrClNO2. The number of rotatable bonds is 5. The Bertz CT molecular complexity index is 416. The fourth-order valence-corrected chi connectivity index (χ4v) is 2.98. The summed E-state index contributed by atoms with van der Waals surface area (Å²) >= 11 is 9.35. The molecule has 1 aromatic carbocycles. The highest BCUT2D eigenvalue weighted by Crippen LogP contribution is 2.33. The minimum atomic E-state index is 0.0940. The van der Waals surface area contributed by atoms with Crippen LogP contribution in [0.5, 0.6) is 5.75 Å². The van der Waals surface area contributed by atoms with E-state index in [2.05, 4.69) is 28.2 Å². The number of halogens is 2. The molecule has 0 aliphatic heterocycles. The van der Waals surface area contributed by atoms with Crippen molar-refractivity contribution in [2.24, 2.45) is 0 Å². The van der Waals surface area contributed by atoms with E-state index in [-0.39, 0.29) is 12.2 Å². The number of nitrogens with one attached hydrogen (secondary N) is 1. The zero-order valence-corrected chi connectivity index (χ0v) is 12.8. The molecular weight excluding hydrogens is 318 g/mol. The molecule has 5 heteroatoms. The second-order valence-corrected chi connectivity index (χ2v) is 5.62. The molecule has 0 aromatic heterocycles. The summed E-state index contributed by atoms with van der Waals surface area (Å²) in [6.45, 7) is 3.04. The van der Waals surface area contributed by atoms with Crippen LogP contribution in [0.25, 0.3) is 0 Å². The van der Waals surface area contributed by atoms with Crippen molar-refractivity contribution in [1.82, 2.24) is 5.32 Å². The van der Waals surface area contributed by atoms with E-state index in [9.17, 15) is 0 Å². The van der Waals surface area contributed by atoms with Crippen LogP contribution >= 0.6 is 27.5 Å². The Morgan fingerprint density at radius 3 is 2.89 bits per heavy atom. The van der Waals surface area contributed by atoms with Gasteiger partial charge >= 0.3 is 0 Å². The van der Waals surface area contributed by atoms with Gasteiger partial charge in [-0.05, 0) is 40.7 Å². The van der Waals surface area contributed by atoms with Crippen molar-refractivity contribution in [2.75, 3.05) is 13.7 Å². The van der Waals surface area contributed by atoms with Crippen LogP contribution in [-0.2, 0) is 4.74 Å². The summed E-state index contributed by atoms with van der Waals surface area (Å²) < 4.78 is 12.3. The van der Waals surface area contributed by atoms with Crippen LogP contribution < -0.4 is 10.1 Å². The first-order valence-electron chi connectivity index (χ1n) is 6.03. The Kier molecular flexibility index (Phi) is 4.90. The Labute approximate surface area is 121 Å². The van der Waals surface area contributed by atoms with Gasteiger partial charge in [0.2, 0.25) is 0 Å². The molecule has 100 valence electrons. The third kappa shape index (κ3) is 2.99. The summed E-state index contributed by atoms with van der Waals surface area (Å²) in [5.41, 5.74) is 0. The number of ether oxygens (including phenoxy) is 2. The first-order valence-corrected chi connectivity index (χ1v) is 7.20. The van der Waals surface area contributed by atoms with Crippen LogP contribution in [0.15, 0.2) is 22.7 Å². The van der Waals surface area contributed by atoms with Crippen molar-refractivity contribution in [3.05, 3.63) is 27.7 Å². The summed E-state index contributed by atoms with van der Waals surface area (Å²) in [5.74, 6) is 0.807. The number of benzene rings is 1. The fourth-order valence-electron chi connectivity index (χ4n) is 2.21. The number of methoxy groups -OCH3 is 1. The van der Waals surface area contributed by atoms with Gasteiger partial charge in [0.25, 0.3) is 0 Å². The molecule has 1 saturated carbocycles. The number of hydrogen-bond acceptors (Lipinski definition) is 3. The Hall–Kier alpha value is -0.290. The minimum Gasteiger partial charge on any atom is -0.486 e. The molecule has 1 aliphatic rings. The standard InChI is InChI=1S/C13H17BrClNO2/c1-3-16-10-7-12(13(10)17-2)18-11-5-4-8(15)6-9(11)14/h4-6,10,12-13,16H,3,7H2,1-2H3. The summed E-state index contributed by atoms with van der Waals surface area (Å²) in [7, 11) is 1.72. The van der Waals surface area contributed by atoms with Crippen LogP contribution in [0.1, 0.15) is 13.3 Å². The van der Waals surface area contributed by atoms with Gasteiger partial charge in [-0.15, -0.1) is 0 Å².